The van der Waals surface area contributed by atoms with E-state index >= 15 is 0 Å². The number of hydrogen-bond acceptors (Lipinski definition) is 5. The van der Waals surface area contributed by atoms with Crippen LogP contribution in [0.1, 0.15) is 24.5 Å². The smallest absolute Gasteiger partial charge is 0.326 e. The van der Waals surface area contributed by atoms with Gasteiger partial charge in [-0.15, -0.1) is 0 Å². The molecule has 1 amide bonds. The van der Waals surface area contributed by atoms with Crippen molar-refractivity contribution in [2.45, 2.75) is 32.8 Å². The monoisotopic (exact) mass is 374 g/mol. The van der Waals surface area contributed by atoms with Gasteiger partial charge in [-0.25, -0.2) is 4.99 Å². The highest BCUT2D eigenvalue weighted by Crippen LogP contribution is 2.18. The minimum absolute atomic E-state index is 0.0877. The van der Waals surface area contributed by atoms with Crippen LogP contribution >= 0.6 is 0 Å². The highest BCUT2D eigenvalue weighted by molar-refractivity contribution is 5.80. The average molecular weight is 374 g/mol. The van der Waals surface area contributed by atoms with Crippen LogP contribution in [0.15, 0.2) is 35.0 Å². The predicted molar refractivity (Wildman–Crippen MR) is 102 cm³/mol. The number of allylic oxidation sites excluding steroid dienone is 1. The van der Waals surface area contributed by atoms with E-state index in [4.69, 9.17) is 5.11 Å². The van der Waals surface area contributed by atoms with E-state index < -0.39 is 12.1 Å². The first-order chi connectivity index (χ1) is 12.7. The van der Waals surface area contributed by atoms with E-state index in [0.29, 0.717) is 18.5 Å². The summed E-state index contributed by atoms with van der Waals surface area (Å²) in [5, 5.41) is 28.1. The molecule has 1 unspecified atom stereocenters. The number of likely N-dealkylation sites (N-methyl/N-ethyl adjacent to an activating group) is 1. The fourth-order valence-electron chi connectivity index (χ4n) is 2.33. The van der Waals surface area contributed by atoms with Crippen LogP contribution in [0.3, 0.4) is 0 Å². The van der Waals surface area contributed by atoms with Crippen molar-refractivity contribution in [3.05, 3.63) is 41.1 Å². The summed E-state index contributed by atoms with van der Waals surface area (Å²) in [7, 11) is 1.63. The number of carbonyl (C=O) groups excluding carboxylic acids is 1. The summed E-state index contributed by atoms with van der Waals surface area (Å²) in [5.74, 6) is 1.29. The Morgan fingerprint density at radius 3 is 2.70 bits per heavy atom. The number of aliphatic hydroxyl groups excluding tert-OH is 1. The molecule has 0 spiro atoms. The number of carboxylic acid groups (broad SMARTS) is 1. The van der Waals surface area contributed by atoms with Gasteiger partial charge in [-0.1, -0.05) is 24.8 Å². The molecule has 0 saturated carbocycles. The Morgan fingerprint density at radius 1 is 1.37 bits per heavy atom. The van der Waals surface area contributed by atoms with Crippen LogP contribution in [-0.2, 0) is 16.0 Å². The van der Waals surface area contributed by atoms with Crippen LogP contribution in [0.5, 0.6) is 5.75 Å². The molecule has 0 aromatic heterocycles. The maximum Gasteiger partial charge on any atom is 0.326 e. The fraction of sp³-hybridized carbons (Fsp3) is 0.450. The first-order valence-electron chi connectivity index (χ1n) is 8.64. The van der Waals surface area contributed by atoms with Gasteiger partial charge in [0.2, 0.25) is 0 Å². The summed E-state index contributed by atoms with van der Waals surface area (Å²) in [5.41, 5.74) is 4.16. The quantitative estimate of drug-likeness (QED) is 0.449. The summed E-state index contributed by atoms with van der Waals surface area (Å²) >= 11 is 0. The highest BCUT2D eigenvalue weighted by Gasteiger charge is 2.20. The molecule has 3 N–H and O–H groups in total. The van der Waals surface area contributed by atoms with Gasteiger partial charge in [-0.3, -0.25) is 9.59 Å². The van der Waals surface area contributed by atoms with Crippen molar-refractivity contribution < 1.29 is 24.9 Å². The Hall–Kier alpha value is -2.85. The van der Waals surface area contributed by atoms with E-state index in [1.165, 1.54) is 4.90 Å². The SMILES string of the molecule is Cc1cc(C[C@@H](O)C(=O)N(C)CCC(C)C=C=C=NCC(=O)O)ccc1O. The molecule has 0 heterocycles. The van der Waals surface area contributed by atoms with Gasteiger partial charge in [0.25, 0.3) is 5.91 Å². The van der Waals surface area contributed by atoms with Crippen molar-refractivity contribution >= 4 is 17.7 Å². The van der Waals surface area contributed by atoms with Crippen molar-refractivity contribution in [1.82, 2.24) is 4.90 Å². The molecular weight excluding hydrogens is 348 g/mol. The third kappa shape index (κ3) is 8.38. The number of nitrogens with zero attached hydrogens (tertiary/aromatic N) is 2. The van der Waals surface area contributed by atoms with Gasteiger partial charge in [-0.2, -0.15) is 0 Å². The maximum absolute atomic E-state index is 12.3. The summed E-state index contributed by atoms with van der Waals surface area (Å²) in [6, 6.07) is 4.98. The molecule has 0 radical (unpaired) electrons. The van der Waals surface area contributed by atoms with Crippen LogP contribution in [0.4, 0.5) is 0 Å². The second-order valence-electron chi connectivity index (χ2n) is 6.50. The van der Waals surface area contributed by atoms with Crippen LogP contribution in [0.25, 0.3) is 0 Å². The number of benzene rings is 1. The minimum atomic E-state index is -1.15. The second-order valence-corrected chi connectivity index (χ2v) is 6.50. The largest absolute Gasteiger partial charge is 0.508 e. The lowest BCUT2D eigenvalue weighted by Crippen LogP contribution is -2.38. The number of hydrogen-bond donors (Lipinski definition) is 3. The normalized spacial score (nSPS) is 12.3. The molecule has 1 rings (SSSR count). The lowest BCUT2D eigenvalue weighted by atomic mass is 10.0. The van der Waals surface area contributed by atoms with E-state index in [1.54, 1.807) is 38.2 Å². The minimum Gasteiger partial charge on any atom is -0.508 e. The van der Waals surface area contributed by atoms with E-state index in [9.17, 15) is 19.8 Å². The van der Waals surface area contributed by atoms with Crippen molar-refractivity contribution in [1.29, 1.82) is 0 Å². The van der Waals surface area contributed by atoms with E-state index in [-0.39, 0.29) is 30.5 Å². The molecule has 0 fully saturated rings. The van der Waals surface area contributed by atoms with Gasteiger partial charge in [0, 0.05) is 25.9 Å². The predicted octanol–water partition coefficient (Wildman–Crippen LogP) is 1.55. The van der Waals surface area contributed by atoms with Gasteiger partial charge >= 0.3 is 5.97 Å². The Labute approximate surface area is 159 Å². The molecule has 0 aliphatic carbocycles. The number of aryl methyl sites for hydroxylation is 1. The molecule has 27 heavy (non-hydrogen) atoms. The van der Waals surface area contributed by atoms with E-state index in [0.717, 1.165) is 5.56 Å². The van der Waals surface area contributed by atoms with Gasteiger partial charge in [0.05, 0.1) is 0 Å². The van der Waals surface area contributed by atoms with Crippen LogP contribution in [0, 0.1) is 12.8 Å². The highest BCUT2D eigenvalue weighted by atomic mass is 16.4. The summed E-state index contributed by atoms with van der Waals surface area (Å²) in [4.78, 5) is 27.6. The lowest BCUT2D eigenvalue weighted by Gasteiger charge is -2.21. The number of aliphatic imine (C=N–C) groups is 1. The number of aromatic hydroxyl groups is 1. The number of phenols is 1. The molecule has 2 atom stereocenters. The van der Waals surface area contributed by atoms with Crippen LogP contribution < -0.4 is 0 Å². The van der Waals surface area contributed by atoms with Crippen molar-refractivity contribution in [3.8, 4) is 5.75 Å². The average Bonchev–Trinajstić information content (AvgIpc) is 2.61. The molecule has 7 nitrogen and oxygen atoms in total. The summed E-state index contributed by atoms with van der Waals surface area (Å²) in [6.07, 6.45) is 1.40. The molecule has 0 aliphatic heterocycles. The zero-order valence-electron chi connectivity index (χ0n) is 15.8. The second kappa shape index (κ2) is 11.0. The Balaban J connectivity index is 2.50. The third-order valence-corrected chi connectivity index (χ3v) is 4.00. The zero-order valence-corrected chi connectivity index (χ0v) is 15.8. The summed E-state index contributed by atoms with van der Waals surface area (Å²) in [6.45, 7) is 3.80. The molecule has 0 aliphatic rings. The first kappa shape index (κ1) is 22.2. The zero-order chi connectivity index (χ0) is 20.4. The van der Waals surface area contributed by atoms with Gasteiger partial charge in [0.15, 0.2) is 0 Å². The summed E-state index contributed by atoms with van der Waals surface area (Å²) < 4.78 is 0. The Kier molecular flexibility index (Phi) is 9.03. The number of carboxylic acids is 1. The van der Waals surface area contributed by atoms with Gasteiger partial charge in [0.1, 0.15) is 18.4 Å². The standard InChI is InChI=1S/C20H26N2O5/c1-14(5-4-9-21-13-19(25)26)8-10-22(3)20(27)18(24)12-16-6-7-17(23)15(2)11-16/h5-7,11,14,18,23-24H,8,10,12-13H2,1-3H3,(H,25,26)/t14?,18-/m1/s1. The number of carbonyl (C=O) groups is 2. The van der Waals surface area contributed by atoms with E-state index in [2.05, 4.69) is 16.6 Å². The molecule has 0 saturated heterocycles. The third-order valence-electron chi connectivity index (χ3n) is 4.00. The molecule has 1 aromatic rings. The molecule has 7 heteroatoms. The van der Waals surface area contributed by atoms with Crippen LogP contribution in [-0.4, -0.2) is 64.2 Å². The number of aliphatic hydroxyl groups is 1. The van der Waals surface area contributed by atoms with Crippen molar-refractivity contribution in [2.24, 2.45) is 10.9 Å². The molecular formula is C20H26N2O5. The first-order valence-corrected chi connectivity index (χ1v) is 8.64. The van der Waals surface area contributed by atoms with E-state index in [1.807, 2.05) is 6.92 Å². The van der Waals surface area contributed by atoms with Gasteiger partial charge < -0.3 is 20.2 Å². The number of rotatable bonds is 9. The van der Waals surface area contributed by atoms with Crippen molar-refractivity contribution in [2.75, 3.05) is 20.1 Å². The fourth-order valence-corrected chi connectivity index (χ4v) is 2.33. The van der Waals surface area contributed by atoms with Gasteiger partial charge in [-0.05, 0) is 42.5 Å². The lowest BCUT2D eigenvalue weighted by molar-refractivity contribution is -0.139. The van der Waals surface area contributed by atoms with Crippen molar-refractivity contribution in [3.63, 3.8) is 0 Å². The Morgan fingerprint density at radius 2 is 2.07 bits per heavy atom. The molecule has 146 valence electrons. The molecule has 1 aromatic carbocycles. The maximum atomic E-state index is 12.3. The Bertz CT molecular complexity index is 762. The molecule has 0 bridgehead atoms. The van der Waals surface area contributed by atoms with Crippen LogP contribution in [0.2, 0.25) is 0 Å². The number of phenolic OH excluding ortho intramolecular Hbond substituents is 1. The number of aliphatic carboxylic acids is 1. The number of amides is 1. The topological polar surface area (TPSA) is 110 Å².